The SMILES string of the molecule is Cc1c(C(=O)NC2CNCCC2C)cnn1-c1ccc(Br)cc1. The van der Waals surface area contributed by atoms with Gasteiger partial charge in [0.15, 0.2) is 0 Å². The fourth-order valence-electron chi connectivity index (χ4n) is 2.90. The predicted molar refractivity (Wildman–Crippen MR) is 93.9 cm³/mol. The molecule has 0 saturated carbocycles. The number of halogens is 1. The molecule has 2 heterocycles. The average Bonchev–Trinajstić information content (AvgIpc) is 2.92. The van der Waals surface area contributed by atoms with E-state index in [9.17, 15) is 4.79 Å². The van der Waals surface area contributed by atoms with Crippen LogP contribution >= 0.6 is 15.9 Å². The van der Waals surface area contributed by atoms with E-state index in [4.69, 9.17) is 0 Å². The van der Waals surface area contributed by atoms with E-state index >= 15 is 0 Å². The maximum Gasteiger partial charge on any atom is 0.255 e. The van der Waals surface area contributed by atoms with E-state index in [1.807, 2.05) is 31.2 Å². The molecule has 2 atom stereocenters. The number of amides is 1. The summed E-state index contributed by atoms with van der Waals surface area (Å²) in [6.45, 7) is 5.96. The van der Waals surface area contributed by atoms with E-state index in [1.54, 1.807) is 10.9 Å². The first-order chi connectivity index (χ1) is 11.1. The van der Waals surface area contributed by atoms with Crippen LogP contribution in [0.25, 0.3) is 5.69 Å². The Bertz CT molecular complexity index is 695. The molecule has 23 heavy (non-hydrogen) atoms. The summed E-state index contributed by atoms with van der Waals surface area (Å²) in [6, 6.07) is 8.04. The Morgan fingerprint density at radius 3 is 2.83 bits per heavy atom. The van der Waals surface area contributed by atoms with Crippen LogP contribution in [0.4, 0.5) is 0 Å². The number of carbonyl (C=O) groups excluding carboxylic acids is 1. The molecule has 1 aromatic carbocycles. The van der Waals surface area contributed by atoms with Crippen LogP contribution in [-0.2, 0) is 0 Å². The van der Waals surface area contributed by atoms with Crippen LogP contribution in [0.2, 0.25) is 0 Å². The molecule has 0 aliphatic carbocycles. The Morgan fingerprint density at radius 2 is 2.13 bits per heavy atom. The molecule has 1 saturated heterocycles. The second-order valence-electron chi connectivity index (χ2n) is 6.08. The summed E-state index contributed by atoms with van der Waals surface area (Å²) in [5.41, 5.74) is 2.42. The number of nitrogens with zero attached hydrogens (tertiary/aromatic N) is 2. The van der Waals surface area contributed by atoms with Crippen LogP contribution in [-0.4, -0.2) is 34.8 Å². The Hall–Kier alpha value is -1.66. The molecule has 0 radical (unpaired) electrons. The Balaban J connectivity index is 1.78. The summed E-state index contributed by atoms with van der Waals surface area (Å²) in [4.78, 5) is 12.6. The summed E-state index contributed by atoms with van der Waals surface area (Å²) in [5.74, 6) is 0.438. The topological polar surface area (TPSA) is 59.0 Å². The molecule has 1 fully saturated rings. The number of benzene rings is 1. The van der Waals surface area contributed by atoms with Gasteiger partial charge >= 0.3 is 0 Å². The van der Waals surface area contributed by atoms with Crippen molar-refractivity contribution < 1.29 is 4.79 Å². The number of hydrogen-bond donors (Lipinski definition) is 2. The summed E-state index contributed by atoms with van der Waals surface area (Å²) < 4.78 is 2.81. The first-order valence-electron chi connectivity index (χ1n) is 7.88. The molecule has 2 N–H and O–H groups in total. The van der Waals surface area contributed by atoms with Gasteiger partial charge in [0.25, 0.3) is 5.91 Å². The highest BCUT2D eigenvalue weighted by Crippen LogP contribution is 2.18. The van der Waals surface area contributed by atoms with Crippen LogP contribution < -0.4 is 10.6 Å². The lowest BCUT2D eigenvalue weighted by Crippen LogP contribution is -2.50. The van der Waals surface area contributed by atoms with Crippen LogP contribution in [0.3, 0.4) is 0 Å². The monoisotopic (exact) mass is 376 g/mol. The molecule has 0 spiro atoms. The predicted octanol–water partition coefficient (Wildman–Crippen LogP) is 2.67. The summed E-state index contributed by atoms with van der Waals surface area (Å²) in [6.07, 6.45) is 2.73. The number of carbonyl (C=O) groups is 1. The first-order valence-corrected chi connectivity index (χ1v) is 8.67. The number of rotatable bonds is 3. The smallest absolute Gasteiger partial charge is 0.255 e. The van der Waals surface area contributed by atoms with Gasteiger partial charge in [0, 0.05) is 17.1 Å². The van der Waals surface area contributed by atoms with Crippen molar-refractivity contribution >= 4 is 21.8 Å². The second kappa shape index (κ2) is 6.84. The summed E-state index contributed by atoms with van der Waals surface area (Å²) >= 11 is 3.43. The van der Waals surface area contributed by atoms with Crippen molar-refractivity contribution in [1.82, 2.24) is 20.4 Å². The van der Waals surface area contributed by atoms with Gasteiger partial charge in [-0.1, -0.05) is 22.9 Å². The first kappa shape index (κ1) is 16.2. The van der Waals surface area contributed by atoms with Gasteiger partial charge in [-0.2, -0.15) is 5.10 Å². The van der Waals surface area contributed by atoms with Crippen LogP contribution in [0, 0.1) is 12.8 Å². The highest BCUT2D eigenvalue weighted by molar-refractivity contribution is 9.10. The second-order valence-corrected chi connectivity index (χ2v) is 7.00. The highest BCUT2D eigenvalue weighted by atomic mass is 79.9. The van der Waals surface area contributed by atoms with Crippen molar-refractivity contribution in [2.75, 3.05) is 13.1 Å². The van der Waals surface area contributed by atoms with E-state index in [0.717, 1.165) is 35.4 Å². The normalized spacial score (nSPS) is 21.2. The molecule has 1 aliphatic heterocycles. The number of nitrogens with one attached hydrogen (secondary N) is 2. The lowest BCUT2D eigenvalue weighted by molar-refractivity contribution is 0.0914. The fraction of sp³-hybridized carbons (Fsp3) is 0.412. The minimum Gasteiger partial charge on any atom is -0.348 e. The molecule has 1 aromatic heterocycles. The molecule has 1 amide bonds. The molecule has 3 rings (SSSR count). The zero-order valence-electron chi connectivity index (χ0n) is 13.3. The zero-order valence-corrected chi connectivity index (χ0v) is 14.9. The molecule has 2 unspecified atom stereocenters. The van der Waals surface area contributed by atoms with E-state index in [-0.39, 0.29) is 11.9 Å². The third-order valence-electron chi connectivity index (χ3n) is 4.47. The van der Waals surface area contributed by atoms with Gasteiger partial charge < -0.3 is 10.6 Å². The Labute approximate surface area is 144 Å². The molecule has 1 aliphatic rings. The molecule has 5 nitrogen and oxygen atoms in total. The van der Waals surface area contributed by atoms with Crippen molar-refractivity contribution in [1.29, 1.82) is 0 Å². The van der Waals surface area contributed by atoms with Crippen LogP contribution in [0.5, 0.6) is 0 Å². The lowest BCUT2D eigenvalue weighted by atomic mass is 9.94. The molecule has 2 aromatic rings. The molecule has 6 heteroatoms. The quantitative estimate of drug-likeness (QED) is 0.865. The Kier molecular flexibility index (Phi) is 4.82. The van der Waals surface area contributed by atoms with Crippen molar-refractivity contribution in [3.63, 3.8) is 0 Å². The van der Waals surface area contributed by atoms with Crippen molar-refractivity contribution in [2.45, 2.75) is 26.3 Å². The number of hydrogen-bond acceptors (Lipinski definition) is 3. The molecule has 122 valence electrons. The highest BCUT2D eigenvalue weighted by Gasteiger charge is 2.24. The van der Waals surface area contributed by atoms with Gasteiger partial charge in [0.2, 0.25) is 0 Å². The maximum atomic E-state index is 12.6. The van der Waals surface area contributed by atoms with Crippen LogP contribution in [0.15, 0.2) is 34.9 Å². The van der Waals surface area contributed by atoms with Crippen molar-refractivity contribution in [3.8, 4) is 5.69 Å². The minimum absolute atomic E-state index is 0.0496. The number of aromatic nitrogens is 2. The van der Waals surface area contributed by atoms with Gasteiger partial charge in [-0.3, -0.25) is 4.79 Å². The largest absolute Gasteiger partial charge is 0.348 e. The Morgan fingerprint density at radius 1 is 1.39 bits per heavy atom. The molecular weight excluding hydrogens is 356 g/mol. The van der Waals surface area contributed by atoms with Crippen LogP contribution in [0.1, 0.15) is 29.4 Å². The fourth-order valence-corrected chi connectivity index (χ4v) is 3.17. The van der Waals surface area contributed by atoms with Crippen molar-refractivity contribution in [2.24, 2.45) is 5.92 Å². The van der Waals surface area contributed by atoms with Gasteiger partial charge in [-0.05, 0) is 50.1 Å². The summed E-state index contributed by atoms with van der Waals surface area (Å²) in [7, 11) is 0. The lowest BCUT2D eigenvalue weighted by Gasteiger charge is -2.30. The third-order valence-corrected chi connectivity index (χ3v) is 5.00. The van der Waals surface area contributed by atoms with E-state index in [1.165, 1.54) is 0 Å². The van der Waals surface area contributed by atoms with Gasteiger partial charge in [-0.25, -0.2) is 4.68 Å². The average molecular weight is 377 g/mol. The zero-order chi connectivity index (χ0) is 16.4. The van der Waals surface area contributed by atoms with Gasteiger partial charge in [-0.15, -0.1) is 0 Å². The summed E-state index contributed by atoms with van der Waals surface area (Å²) in [5, 5.41) is 10.8. The number of piperidine rings is 1. The molecule has 0 bridgehead atoms. The van der Waals surface area contributed by atoms with E-state index in [0.29, 0.717) is 11.5 Å². The minimum atomic E-state index is -0.0496. The third kappa shape index (κ3) is 3.48. The van der Waals surface area contributed by atoms with E-state index in [2.05, 4.69) is 38.6 Å². The van der Waals surface area contributed by atoms with E-state index < -0.39 is 0 Å². The van der Waals surface area contributed by atoms with Gasteiger partial charge in [0.05, 0.1) is 23.1 Å². The molecular formula is C17H21BrN4O. The van der Waals surface area contributed by atoms with Gasteiger partial charge in [0.1, 0.15) is 0 Å². The standard InChI is InChI=1S/C17H21BrN4O/c1-11-7-8-19-10-16(11)21-17(23)15-9-20-22(12(15)2)14-5-3-13(18)4-6-14/h3-6,9,11,16,19H,7-8,10H2,1-2H3,(H,21,23). The van der Waals surface area contributed by atoms with Crippen molar-refractivity contribution in [3.05, 3.63) is 46.2 Å². The maximum absolute atomic E-state index is 12.6.